The molecule has 1 aliphatic heterocycles. The molecule has 2 heterocycles. The Kier molecular flexibility index (Phi) is 1.90. The minimum absolute atomic E-state index is 0.641. The van der Waals surface area contributed by atoms with Gasteiger partial charge in [-0.1, -0.05) is 6.07 Å². The number of hydrogen-bond donors (Lipinski definition) is 0. The molecule has 0 aromatic carbocycles. The van der Waals surface area contributed by atoms with Gasteiger partial charge >= 0.3 is 0 Å². The third kappa shape index (κ3) is 1.37. The maximum atomic E-state index is 4.19. The molecular weight excluding hydrogens is 152 g/mol. The number of rotatable bonds is 1. The van der Waals surface area contributed by atoms with Crippen molar-refractivity contribution >= 4 is 5.84 Å². The van der Waals surface area contributed by atoms with Gasteiger partial charge in [0.25, 0.3) is 0 Å². The van der Waals surface area contributed by atoms with Crippen molar-refractivity contribution in [1.82, 2.24) is 4.98 Å². The highest BCUT2D eigenvalue weighted by Gasteiger charge is 2.04. The Morgan fingerprint density at radius 2 is 2.17 bits per heavy atom. The average Bonchev–Trinajstić information content (AvgIpc) is 2.21. The van der Waals surface area contributed by atoms with Crippen LogP contribution in [0.1, 0.15) is 5.69 Å². The van der Waals surface area contributed by atoms with E-state index in [0.717, 1.165) is 12.2 Å². The first-order valence-electron chi connectivity index (χ1n) is 3.80. The van der Waals surface area contributed by atoms with E-state index in [1.807, 2.05) is 18.2 Å². The van der Waals surface area contributed by atoms with Gasteiger partial charge in [0, 0.05) is 6.20 Å². The lowest BCUT2D eigenvalue weighted by atomic mass is 10.3. The minimum Gasteiger partial charge on any atom is -0.261 e. The summed E-state index contributed by atoms with van der Waals surface area (Å²) in [5, 5.41) is 7.80. The Morgan fingerprint density at radius 1 is 1.17 bits per heavy atom. The fraction of sp³-hybridized carbons (Fsp3) is 0.250. The summed E-state index contributed by atoms with van der Waals surface area (Å²) in [7, 11) is 0. The number of hydrogen-bond acceptors (Lipinski definition) is 4. The van der Waals surface area contributed by atoms with Crippen molar-refractivity contribution in [1.29, 1.82) is 0 Å². The molecule has 1 aliphatic rings. The van der Waals surface area contributed by atoms with Crippen LogP contribution in [-0.4, -0.2) is 23.9 Å². The van der Waals surface area contributed by atoms with Crippen LogP contribution in [0.3, 0.4) is 0 Å². The van der Waals surface area contributed by atoms with Crippen LogP contribution in [0.4, 0.5) is 0 Å². The van der Waals surface area contributed by atoms with Crippen LogP contribution in [-0.2, 0) is 0 Å². The molecule has 0 saturated heterocycles. The maximum Gasteiger partial charge on any atom is 0.195 e. The maximum absolute atomic E-state index is 4.19. The summed E-state index contributed by atoms with van der Waals surface area (Å²) >= 11 is 0. The van der Waals surface area contributed by atoms with Gasteiger partial charge in [-0.25, -0.2) is 0 Å². The van der Waals surface area contributed by atoms with Gasteiger partial charge in [0.1, 0.15) is 5.69 Å². The first kappa shape index (κ1) is 7.09. The molecule has 0 unspecified atom stereocenters. The van der Waals surface area contributed by atoms with E-state index in [-0.39, 0.29) is 0 Å². The van der Waals surface area contributed by atoms with Gasteiger partial charge in [0.05, 0.1) is 13.1 Å². The largest absolute Gasteiger partial charge is 0.261 e. The standard InChI is InChI=1S/C8H8N4/c1-2-4-9-7(3-1)8-10-5-6-11-12-8/h1-4H,5-6H2. The van der Waals surface area contributed by atoms with E-state index >= 15 is 0 Å². The lowest BCUT2D eigenvalue weighted by Gasteiger charge is -2.01. The zero-order valence-electron chi connectivity index (χ0n) is 6.51. The second kappa shape index (κ2) is 3.21. The van der Waals surface area contributed by atoms with E-state index in [1.165, 1.54) is 0 Å². The molecule has 0 spiro atoms. The molecule has 0 bridgehead atoms. The molecule has 2 rings (SSSR count). The summed E-state index contributed by atoms with van der Waals surface area (Å²) in [5.74, 6) is 0.641. The predicted octanol–water partition coefficient (Wildman–Crippen LogP) is 1.29. The molecule has 4 heteroatoms. The zero-order valence-corrected chi connectivity index (χ0v) is 6.51. The fourth-order valence-corrected chi connectivity index (χ4v) is 0.976. The smallest absolute Gasteiger partial charge is 0.195 e. The van der Waals surface area contributed by atoms with Gasteiger partial charge in [0.15, 0.2) is 5.84 Å². The normalized spacial score (nSPS) is 15.8. The van der Waals surface area contributed by atoms with Crippen LogP contribution < -0.4 is 0 Å². The first-order chi connectivity index (χ1) is 5.97. The van der Waals surface area contributed by atoms with Crippen molar-refractivity contribution in [2.75, 3.05) is 13.1 Å². The van der Waals surface area contributed by atoms with Crippen molar-refractivity contribution in [3.8, 4) is 0 Å². The molecule has 4 nitrogen and oxygen atoms in total. The summed E-state index contributed by atoms with van der Waals surface area (Å²) in [5.41, 5.74) is 0.793. The molecule has 0 radical (unpaired) electrons. The molecule has 0 aliphatic carbocycles. The average molecular weight is 160 g/mol. The molecule has 1 aromatic rings. The van der Waals surface area contributed by atoms with Crippen molar-refractivity contribution in [3.63, 3.8) is 0 Å². The Hall–Kier alpha value is -1.58. The Labute approximate surface area is 70.1 Å². The Morgan fingerprint density at radius 3 is 2.83 bits per heavy atom. The molecule has 0 fully saturated rings. The van der Waals surface area contributed by atoms with Gasteiger partial charge in [-0.15, -0.1) is 5.11 Å². The molecule has 60 valence electrons. The van der Waals surface area contributed by atoms with Crippen molar-refractivity contribution < 1.29 is 0 Å². The highest BCUT2D eigenvalue weighted by molar-refractivity contribution is 5.97. The highest BCUT2D eigenvalue weighted by atomic mass is 15.2. The molecule has 0 saturated carbocycles. The zero-order chi connectivity index (χ0) is 8.23. The molecule has 0 amide bonds. The number of pyridine rings is 1. The second-order valence-electron chi connectivity index (χ2n) is 2.39. The third-order valence-electron chi connectivity index (χ3n) is 1.52. The van der Waals surface area contributed by atoms with Gasteiger partial charge < -0.3 is 0 Å². The lowest BCUT2D eigenvalue weighted by molar-refractivity contribution is 0.878. The molecule has 0 N–H and O–H groups in total. The van der Waals surface area contributed by atoms with E-state index in [0.29, 0.717) is 12.4 Å². The van der Waals surface area contributed by atoms with Gasteiger partial charge in [0.2, 0.25) is 0 Å². The summed E-state index contributed by atoms with van der Waals surface area (Å²) in [6, 6.07) is 5.65. The van der Waals surface area contributed by atoms with E-state index in [4.69, 9.17) is 0 Å². The van der Waals surface area contributed by atoms with Crippen LogP contribution in [0, 0.1) is 0 Å². The van der Waals surface area contributed by atoms with Crippen LogP contribution >= 0.6 is 0 Å². The van der Waals surface area contributed by atoms with Gasteiger partial charge in [-0.3, -0.25) is 9.98 Å². The van der Waals surface area contributed by atoms with Crippen LogP contribution in [0.5, 0.6) is 0 Å². The van der Waals surface area contributed by atoms with Crippen LogP contribution in [0.25, 0.3) is 0 Å². The van der Waals surface area contributed by atoms with Crippen molar-refractivity contribution in [2.45, 2.75) is 0 Å². The Bertz CT molecular complexity index is 315. The highest BCUT2D eigenvalue weighted by Crippen LogP contribution is 2.02. The molecule has 0 atom stereocenters. The van der Waals surface area contributed by atoms with Crippen LogP contribution in [0.15, 0.2) is 39.6 Å². The summed E-state index contributed by atoms with van der Waals surface area (Å²) in [4.78, 5) is 8.31. The van der Waals surface area contributed by atoms with Gasteiger partial charge in [-0.2, -0.15) is 5.11 Å². The minimum atomic E-state index is 0.641. The quantitative estimate of drug-likeness (QED) is 0.610. The monoisotopic (exact) mass is 160 g/mol. The van der Waals surface area contributed by atoms with E-state index in [9.17, 15) is 0 Å². The number of azo groups is 1. The lowest BCUT2D eigenvalue weighted by Crippen LogP contribution is -2.05. The van der Waals surface area contributed by atoms with Crippen molar-refractivity contribution in [3.05, 3.63) is 30.1 Å². The van der Waals surface area contributed by atoms with Crippen LogP contribution in [0.2, 0.25) is 0 Å². The van der Waals surface area contributed by atoms with Gasteiger partial charge in [-0.05, 0) is 12.1 Å². The topological polar surface area (TPSA) is 50.0 Å². The molecule has 12 heavy (non-hydrogen) atoms. The Balaban J connectivity index is 2.31. The first-order valence-corrected chi connectivity index (χ1v) is 3.80. The predicted molar refractivity (Wildman–Crippen MR) is 45.4 cm³/mol. The van der Waals surface area contributed by atoms with E-state index < -0.39 is 0 Å². The van der Waals surface area contributed by atoms with E-state index in [1.54, 1.807) is 6.20 Å². The summed E-state index contributed by atoms with van der Waals surface area (Å²) < 4.78 is 0. The molecular formula is C8H8N4. The number of amidine groups is 1. The number of aliphatic imine (C=N–C) groups is 1. The summed E-state index contributed by atoms with van der Waals surface area (Å²) in [6.45, 7) is 1.41. The molecule has 1 aromatic heterocycles. The number of aromatic nitrogens is 1. The summed E-state index contributed by atoms with van der Waals surface area (Å²) in [6.07, 6.45) is 1.72. The second-order valence-corrected chi connectivity index (χ2v) is 2.39. The SMILES string of the molecule is c1ccc(C2=NCCN=N2)nc1. The third-order valence-corrected chi connectivity index (χ3v) is 1.52. The van der Waals surface area contributed by atoms with E-state index in [2.05, 4.69) is 20.2 Å². The fourth-order valence-electron chi connectivity index (χ4n) is 0.976. The number of nitrogens with zero attached hydrogens (tertiary/aromatic N) is 4. The van der Waals surface area contributed by atoms with Crippen molar-refractivity contribution in [2.24, 2.45) is 15.2 Å².